The fourth-order valence-corrected chi connectivity index (χ4v) is 4.44. The Kier molecular flexibility index (Phi) is 5.45. The maximum absolute atomic E-state index is 14.2. The second-order valence-corrected chi connectivity index (χ2v) is 8.43. The van der Waals surface area contributed by atoms with Crippen LogP contribution in [-0.4, -0.2) is 27.6 Å². The van der Waals surface area contributed by atoms with E-state index in [1.807, 2.05) is 44.2 Å². The zero-order chi connectivity index (χ0) is 23.8. The molecule has 0 spiro atoms. The van der Waals surface area contributed by atoms with Gasteiger partial charge in [0.25, 0.3) is 5.91 Å². The van der Waals surface area contributed by atoms with Gasteiger partial charge in [0.1, 0.15) is 17.7 Å². The number of rotatable bonds is 4. The summed E-state index contributed by atoms with van der Waals surface area (Å²) >= 11 is 0. The molecule has 1 aliphatic rings. The molecule has 0 bridgehead atoms. The first-order valence-corrected chi connectivity index (χ1v) is 11.0. The average molecular weight is 455 g/mol. The second kappa shape index (κ2) is 8.59. The zero-order valence-corrected chi connectivity index (χ0v) is 18.7. The Bertz CT molecular complexity index is 1380. The number of anilines is 1. The van der Waals surface area contributed by atoms with Crippen LogP contribution in [0.5, 0.6) is 0 Å². The lowest BCUT2D eigenvalue weighted by atomic mass is 9.81. The van der Waals surface area contributed by atoms with E-state index in [9.17, 15) is 14.0 Å². The van der Waals surface area contributed by atoms with Gasteiger partial charge < -0.3 is 10.6 Å². The summed E-state index contributed by atoms with van der Waals surface area (Å²) in [5.41, 5.74) is 4.34. The summed E-state index contributed by atoms with van der Waals surface area (Å²) in [5, 5.41) is 10.5. The molecule has 4 aromatic rings. The van der Waals surface area contributed by atoms with E-state index in [-0.39, 0.29) is 11.8 Å². The monoisotopic (exact) mass is 454 g/mol. The number of carbonyl (C=O) groups is 2. The highest BCUT2D eigenvalue weighted by Gasteiger charge is 2.42. The van der Waals surface area contributed by atoms with Gasteiger partial charge >= 0.3 is 0 Å². The molecule has 2 heterocycles. The third kappa shape index (κ3) is 3.85. The number of nitrogens with zero attached hydrogens (tertiary/aromatic N) is 2. The van der Waals surface area contributed by atoms with Crippen molar-refractivity contribution in [1.29, 1.82) is 0 Å². The number of fused-ring (bicyclic) bond motifs is 1. The highest BCUT2D eigenvalue weighted by Crippen LogP contribution is 2.40. The first-order valence-electron chi connectivity index (χ1n) is 11.0. The Balaban J connectivity index is 1.63. The Labute approximate surface area is 196 Å². The van der Waals surface area contributed by atoms with E-state index < -0.39 is 17.8 Å². The first kappa shape index (κ1) is 21.6. The van der Waals surface area contributed by atoms with E-state index in [0.29, 0.717) is 22.6 Å². The number of carbonyl (C=O) groups excluding carboxylic acids is 2. The smallest absolute Gasteiger partial charge is 0.251 e. The molecule has 5 rings (SSSR count). The third-order valence-corrected chi connectivity index (χ3v) is 6.08. The van der Waals surface area contributed by atoms with Gasteiger partial charge in [0.2, 0.25) is 5.91 Å². The predicted molar refractivity (Wildman–Crippen MR) is 128 cm³/mol. The summed E-state index contributed by atoms with van der Waals surface area (Å²) < 4.78 is 15.9. The molecule has 1 aliphatic heterocycles. The van der Waals surface area contributed by atoms with Crippen molar-refractivity contribution in [2.24, 2.45) is 0 Å². The van der Waals surface area contributed by atoms with Crippen molar-refractivity contribution in [3.05, 3.63) is 113 Å². The average Bonchev–Trinajstić information content (AvgIpc) is 3.16. The summed E-state index contributed by atoms with van der Waals surface area (Å²) in [4.78, 5) is 26.4. The fourth-order valence-electron chi connectivity index (χ4n) is 4.44. The summed E-state index contributed by atoms with van der Waals surface area (Å²) in [6.45, 7) is 3.85. The highest BCUT2D eigenvalue weighted by molar-refractivity contribution is 6.04. The van der Waals surface area contributed by atoms with Crippen LogP contribution in [0.15, 0.2) is 78.9 Å². The summed E-state index contributed by atoms with van der Waals surface area (Å²) in [5.74, 6) is -1.28. The lowest BCUT2D eigenvalue weighted by Crippen LogP contribution is -2.50. The zero-order valence-electron chi connectivity index (χ0n) is 18.7. The number of aromatic nitrogens is 2. The van der Waals surface area contributed by atoms with Crippen LogP contribution in [0, 0.1) is 19.7 Å². The van der Waals surface area contributed by atoms with Crippen LogP contribution in [-0.2, 0) is 4.79 Å². The third-order valence-electron chi connectivity index (χ3n) is 6.08. The quantitative estimate of drug-likeness (QED) is 0.476. The minimum absolute atomic E-state index is 0.380. The normalized spacial score (nSPS) is 17.1. The van der Waals surface area contributed by atoms with E-state index in [4.69, 9.17) is 5.10 Å². The fraction of sp³-hybridized carbons (Fsp3) is 0.148. The maximum atomic E-state index is 14.2. The number of hydrogen-bond donors (Lipinski definition) is 2. The van der Waals surface area contributed by atoms with E-state index >= 15 is 0 Å². The molecule has 0 saturated heterocycles. The molecule has 7 heteroatoms. The maximum Gasteiger partial charge on any atom is 0.251 e. The minimum Gasteiger partial charge on any atom is -0.339 e. The number of hydrogen-bond acceptors (Lipinski definition) is 3. The van der Waals surface area contributed by atoms with Crippen LogP contribution in [0.2, 0.25) is 0 Å². The van der Waals surface area contributed by atoms with E-state index in [2.05, 4.69) is 10.6 Å². The Hall–Kier alpha value is -4.26. The Morgan fingerprint density at radius 3 is 2.44 bits per heavy atom. The first-order chi connectivity index (χ1) is 16.4. The van der Waals surface area contributed by atoms with Crippen LogP contribution in [0.25, 0.3) is 5.69 Å². The molecular weight excluding hydrogens is 431 g/mol. The Morgan fingerprint density at radius 1 is 1.00 bits per heavy atom. The molecule has 0 fully saturated rings. The molecule has 170 valence electrons. The number of nitrogens with one attached hydrogen (secondary N) is 2. The van der Waals surface area contributed by atoms with Gasteiger partial charge in [-0.1, -0.05) is 48.0 Å². The molecule has 2 atom stereocenters. The van der Waals surface area contributed by atoms with Crippen LogP contribution < -0.4 is 10.6 Å². The molecule has 6 nitrogen and oxygen atoms in total. The number of benzene rings is 3. The van der Waals surface area contributed by atoms with Gasteiger partial charge in [-0.2, -0.15) is 5.10 Å². The van der Waals surface area contributed by atoms with Crippen LogP contribution in [0.3, 0.4) is 0 Å². The lowest BCUT2D eigenvalue weighted by molar-refractivity contribution is -0.118. The van der Waals surface area contributed by atoms with Crippen molar-refractivity contribution < 1.29 is 14.0 Å². The van der Waals surface area contributed by atoms with Crippen LogP contribution in [0.4, 0.5) is 10.2 Å². The molecule has 0 aliphatic carbocycles. The second-order valence-electron chi connectivity index (χ2n) is 8.43. The number of aryl methyl sites for hydroxylation is 2. The van der Waals surface area contributed by atoms with Crippen molar-refractivity contribution in [3.63, 3.8) is 0 Å². The predicted octanol–water partition coefficient (Wildman–Crippen LogP) is 4.51. The lowest BCUT2D eigenvalue weighted by Gasteiger charge is -2.32. The molecule has 2 amide bonds. The molecule has 0 radical (unpaired) electrons. The van der Waals surface area contributed by atoms with E-state index in [0.717, 1.165) is 16.8 Å². The number of halogens is 1. The van der Waals surface area contributed by atoms with Crippen LogP contribution >= 0.6 is 0 Å². The topological polar surface area (TPSA) is 76.0 Å². The van der Waals surface area contributed by atoms with Crippen molar-refractivity contribution in [2.45, 2.75) is 25.8 Å². The summed E-state index contributed by atoms with van der Waals surface area (Å²) in [6.07, 6.45) is 0. The van der Waals surface area contributed by atoms with Gasteiger partial charge in [0.15, 0.2) is 0 Å². The Morgan fingerprint density at radius 2 is 1.74 bits per heavy atom. The van der Waals surface area contributed by atoms with Crippen molar-refractivity contribution in [1.82, 2.24) is 15.1 Å². The molecule has 34 heavy (non-hydrogen) atoms. The van der Waals surface area contributed by atoms with E-state index in [1.54, 1.807) is 41.1 Å². The summed E-state index contributed by atoms with van der Waals surface area (Å²) in [7, 11) is 0. The summed E-state index contributed by atoms with van der Waals surface area (Å²) in [6, 6.07) is 21.7. The molecule has 0 unspecified atom stereocenters. The van der Waals surface area contributed by atoms with Gasteiger partial charge in [-0.3, -0.25) is 9.59 Å². The van der Waals surface area contributed by atoms with Crippen molar-refractivity contribution >= 4 is 17.6 Å². The largest absolute Gasteiger partial charge is 0.339 e. The minimum atomic E-state index is -0.948. The van der Waals surface area contributed by atoms with Gasteiger partial charge in [-0.05, 0) is 55.8 Å². The molecule has 2 N–H and O–H groups in total. The molecule has 1 aromatic heterocycles. The van der Waals surface area contributed by atoms with Gasteiger partial charge in [-0.15, -0.1) is 0 Å². The van der Waals surface area contributed by atoms with Gasteiger partial charge in [0, 0.05) is 17.0 Å². The molecular formula is C27H23FN4O2. The number of amides is 2. The van der Waals surface area contributed by atoms with Crippen molar-refractivity contribution in [2.75, 3.05) is 5.32 Å². The van der Waals surface area contributed by atoms with Crippen molar-refractivity contribution in [3.8, 4) is 5.69 Å². The van der Waals surface area contributed by atoms with Gasteiger partial charge in [-0.25, -0.2) is 9.07 Å². The standard InChI is InChI=1S/C27H23FN4O2/c1-16-11-13-21(14-12-16)32-25-22(17(2)31-32)23(19-9-6-10-20(28)15-19)24(27(34)30-25)29-26(33)18-7-4-3-5-8-18/h3-15,23-24H,1-2H3,(H,29,33)(H,30,34)/t23-,24+/m0/s1. The SMILES string of the molecule is Cc1ccc(-n2nc(C)c3c2NC(=O)[C@H](NC(=O)c2ccccc2)[C@H]3c2cccc(F)c2)cc1. The molecule has 3 aromatic carbocycles. The molecule has 0 saturated carbocycles. The van der Waals surface area contributed by atoms with Crippen LogP contribution in [0.1, 0.15) is 38.7 Å². The van der Waals surface area contributed by atoms with Gasteiger partial charge in [0.05, 0.1) is 11.4 Å². The van der Waals surface area contributed by atoms with E-state index in [1.165, 1.54) is 12.1 Å². The highest BCUT2D eigenvalue weighted by atomic mass is 19.1.